The second kappa shape index (κ2) is 4.30. The van der Waals surface area contributed by atoms with Gasteiger partial charge in [0.1, 0.15) is 11.6 Å². The molecule has 3 rings (SSSR count). The van der Waals surface area contributed by atoms with Gasteiger partial charge in [0.2, 0.25) is 0 Å². The van der Waals surface area contributed by atoms with Crippen LogP contribution >= 0.6 is 0 Å². The van der Waals surface area contributed by atoms with E-state index in [9.17, 15) is 4.39 Å². The van der Waals surface area contributed by atoms with Crippen LogP contribution in [0.1, 0.15) is 38.4 Å². The molecule has 2 N–H and O–H groups in total. The van der Waals surface area contributed by atoms with Crippen LogP contribution in [0.25, 0.3) is 11.0 Å². The molecule has 1 aromatic heterocycles. The molecule has 2 aromatic rings. The number of rotatable bonds is 1. The molecule has 4 heteroatoms. The van der Waals surface area contributed by atoms with Gasteiger partial charge >= 0.3 is 0 Å². The van der Waals surface area contributed by atoms with Gasteiger partial charge in [0.15, 0.2) is 0 Å². The molecule has 0 spiro atoms. The summed E-state index contributed by atoms with van der Waals surface area (Å²) in [6, 6.07) is 4.71. The molecule has 1 heterocycles. The maximum absolute atomic E-state index is 13.4. The van der Waals surface area contributed by atoms with Crippen molar-refractivity contribution in [2.75, 3.05) is 0 Å². The Morgan fingerprint density at radius 3 is 3.00 bits per heavy atom. The van der Waals surface area contributed by atoms with E-state index in [4.69, 9.17) is 5.73 Å². The molecule has 2 atom stereocenters. The number of aryl methyl sites for hydroxylation is 1. The minimum atomic E-state index is -0.373. The highest BCUT2D eigenvalue weighted by Crippen LogP contribution is 2.38. The Balaban J connectivity index is 2.12. The number of nitrogens with zero attached hydrogens (tertiary/aromatic N) is 2. The van der Waals surface area contributed by atoms with Gasteiger partial charge in [-0.15, -0.1) is 0 Å². The molecule has 19 heavy (non-hydrogen) atoms. The quantitative estimate of drug-likeness (QED) is 0.857. The zero-order valence-electron chi connectivity index (χ0n) is 11.5. The fourth-order valence-electron chi connectivity index (χ4n) is 3.40. The second-order valence-electron chi connectivity index (χ2n) is 5.99. The van der Waals surface area contributed by atoms with E-state index >= 15 is 0 Å². The van der Waals surface area contributed by atoms with Crippen LogP contribution in [0.4, 0.5) is 4.39 Å². The van der Waals surface area contributed by atoms with Crippen LogP contribution in [0.15, 0.2) is 18.2 Å². The van der Waals surface area contributed by atoms with Gasteiger partial charge in [-0.2, -0.15) is 0 Å². The normalized spacial score (nSPS) is 27.9. The first-order chi connectivity index (χ1) is 8.99. The summed E-state index contributed by atoms with van der Waals surface area (Å²) in [5, 5.41) is 0. The summed E-state index contributed by atoms with van der Waals surface area (Å²) in [5.41, 5.74) is 7.86. The van der Waals surface area contributed by atoms with Crippen LogP contribution in [0.3, 0.4) is 0 Å². The van der Waals surface area contributed by atoms with Gasteiger partial charge in [0.25, 0.3) is 0 Å². The molecule has 1 aromatic carbocycles. The Kier molecular flexibility index (Phi) is 2.86. The van der Waals surface area contributed by atoms with Crippen LogP contribution in [0.2, 0.25) is 0 Å². The number of hydrogen-bond acceptors (Lipinski definition) is 2. The minimum absolute atomic E-state index is 0.231. The summed E-state index contributed by atoms with van der Waals surface area (Å²) in [7, 11) is 1.93. The van der Waals surface area contributed by atoms with Crippen molar-refractivity contribution in [3.63, 3.8) is 0 Å². The lowest BCUT2D eigenvalue weighted by Crippen LogP contribution is -2.43. The van der Waals surface area contributed by atoms with E-state index in [1.807, 2.05) is 11.6 Å². The minimum Gasteiger partial charge on any atom is -0.329 e. The Bertz CT molecular complexity index is 619. The summed E-state index contributed by atoms with van der Waals surface area (Å²) < 4.78 is 15.3. The lowest BCUT2D eigenvalue weighted by atomic mass is 9.76. The highest BCUT2D eigenvalue weighted by molar-refractivity contribution is 5.76. The van der Waals surface area contributed by atoms with E-state index in [1.165, 1.54) is 18.6 Å². The molecular formula is C15H20FN3. The predicted octanol–water partition coefficient (Wildman–Crippen LogP) is 3.08. The summed E-state index contributed by atoms with van der Waals surface area (Å²) in [6.45, 7) is 2.24. The van der Waals surface area contributed by atoms with E-state index in [0.29, 0.717) is 5.92 Å². The molecule has 1 aliphatic carbocycles. The Morgan fingerprint density at radius 2 is 2.26 bits per heavy atom. The number of benzene rings is 1. The maximum atomic E-state index is 13.4. The van der Waals surface area contributed by atoms with Gasteiger partial charge in [-0.05, 0) is 37.0 Å². The highest BCUT2D eigenvalue weighted by Gasteiger charge is 2.36. The lowest BCUT2D eigenvalue weighted by molar-refractivity contribution is 0.225. The standard InChI is InChI=1S/C15H20FN3/c1-10-4-3-7-15(17,9-10)14-18-12-6-5-11(16)8-13(12)19(14)2/h5-6,8,10H,3-4,7,9,17H2,1-2H3. The van der Waals surface area contributed by atoms with Crippen molar-refractivity contribution in [3.8, 4) is 0 Å². The van der Waals surface area contributed by atoms with Crippen molar-refractivity contribution < 1.29 is 4.39 Å². The smallest absolute Gasteiger partial charge is 0.129 e. The third-order valence-corrected chi connectivity index (χ3v) is 4.32. The van der Waals surface area contributed by atoms with Gasteiger partial charge in [0, 0.05) is 7.05 Å². The first-order valence-corrected chi connectivity index (χ1v) is 6.91. The van der Waals surface area contributed by atoms with E-state index in [2.05, 4.69) is 11.9 Å². The van der Waals surface area contributed by atoms with Crippen molar-refractivity contribution >= 4 is 11.0 Å². The number of fused-ring (bicyclic) bond motifs is 1. The fraction of sp³-hybridized carbons (Fsp3) is 0.533. The molecule has 0 amide bonds. The number of aromatic nitrogens is 2. The van der Waals surface area contributed by atoms with Gasteiger partial charge in [-0.1, -0.05) is 19.8 Å². The Hall–Kier alpha value is -1.42. The van der Waals surface area contributed by atoms with Crippen LogP contribution in [-0.2, 0) is 12.6 Å². The van der Waals surface area contributed by atoms with Crippen LogP contribution in [0.5, 0.6) is 0 Å². The molecule has 3 nitrogen and oxygen atoms in total. The van der Waals surface area contributed by atoms with E-state index < -0.39 is 0 Å². The topological polar surface area (TPSA) is 43.8 Å². The van der Waals surface area contributed by atoms with E-state index in [-0.39, 0.29) is 11.4 Å². The summed E-state index contributed by atoms with van der Waals surface area (Å²) in [6.07, 6.45) is 4.27. The Labute approximate surface area is 112 Å². The zero-order valence-corrected chi connectivity index (χ0v) is 11.5. The second-order valence-corrected chi connectivity index (χ2v) is 5.99. The summed E-state index contributed by atoms with van der Waals surface area (Å²) in [4.78, 5) is 4.65. The zero-order chi connectivity index (χ0) is 13.6. The summed E-state index contributed by atoms with van der Waals surface area (Å²) in [5.74, 6) is 1.28. The summed E-state index contributed by atoms with van der Waals surface area (Å²) >= 11 is 0. The van der Waals surface area contributed by atoms with Crippen LogP contribution in [-0.4, -0.2) is 9.55 Å². The maximum Gasteiger partial charge on any atom is 0.129 e. The molecule has 1 fully saturated rings. The van der Waals surface area contributed by atoms with Gasteiger partial charge in [-0.3, -0.25) is 0 Å². The largest absolute Gasteiger partial charge is 0.329 e. The molecule has 1 aliphatic rings. The van der Waals surface area contributed by atoms with E-state index in [0.717, 1.165) is 36.1 Å². The first kappa shape index (κ1) is 12.6. The molecule has 2 unspecified atom stereocenters. The molecule has 0 aliphatic heterocycles. The number of imidazole rings is 1. The molecule has 0 bridgehead atoms. The Morgan fingerprint density at radius 1 is 1.47 bits per heavy atom. The molecule has 0 radical (unpaired) electrons. The molecule has 102 valence electrons. The van der Waals surface area contributed by atoms with E-state index in [1.54, 1.807) is 6.07 Å². The van der Waals surface area contributed by atoms with Gasteiger partial charge < -0.3 is 10.3 Å². The van der Waals surface area contributed by atoms with Crippen molar-refractivity contribution in [1.82, 2.24) is 9.55 Å². The molecular weight excluding hydrogens is 241 g/mol. The monoisotopic (exact) mass is 261 g/mol. The van der Waals surface area contributed by atoms with Crippen molar-refractivity contribution in [2.45, 2.75) is 38.1 Å². The first-order valence-electron chi connectivity index (χ1n) is 6.91. The third kappa shape index (κ3) is 2.04. The van der Waals surface area contributed by atoms with Gasteiger partial charge in [0.05, 0.1) is 16.6 Å². The average Bonchev–Trinajstić information content (AvgIpc) is 2.67. The van der Waals surface area contributed by atoms with Crippen molar-refractivity contribution in [2.24, 2.45) is 18.7 Å². The highest BCUT2D eigenvalue weighted by atomic mass is 19.1. The van der Waals surface area contributed by atoms with Crippen molar-refractivity contribution in [3.05, 3.63) is 29.8 Å². The number of nitrogens with two attached hydrogens (primary N) is 1. The van der Waals surface area contributed by atoms with Crippen LogP contribution < -0.4 is 5.73 Å². The average molecular weight is 261 g/mol. The third-order valence-electron chi connectivity index (χ3n) is 4.32. The predicted molar refractivity (Wildman–Crippen MR) is 74.2 cm³/mol. The molecule has 1 saturated carbocycles. The van der Waals surface area contributed by atoms with Crippen molar-refractivity contribution in [1.29, 1.82) is 0 Å². The molecule has 0 saturated heterocycles. The number of halogens is 1. The van der Waals surface area contributed by atoms with Crippen LogP contribution in [0, 0.1) is 11.7 Å². The fourth-order valence-corrected chi connectivity index (χ4v) is 3.40. The SMILES string of the molecule is CC1CCCC(N)(c2nc3ccc(F)cc3n2C)C1. The van der Waals surface area contributed by atoms with Gasteiger partial charge in [-0.25, -0.2) is 9.37 Å². The lowest BCUT2D eigenvalue weighted by Gasteiger charge is -2.36. The number of hydrogen-bond donors (Lipinski definition) is 1.